The van der Waals surface area contributed by atoms with Crippen molar-refractivity contribution in [3.8, 4) is 0 Å². The van der Waals surface area contributed by atoms with Crippen molar-refractivity contribution in [1.82, 2.24) is 0 Å². The summed E-state index contributed by atoms with van der Waals surface area (Å²) in [6.07, 6.45) is 1.16. The lowest BCUT2D eigenvalue weighted by Gasteiger charge is -2.11. The molecule has 2 rings (SSSR count). The molecule has 0 spiro atoms. The van der Waals surface area contributed by atoms with Crippen LogP contribution in [0.3, 0.4) is 0 Å². The lowest BCUT2D eigenvalue weighted by Crippen LogP contribution is -2.13. The first kappa shape index (κ1) is 16.0. The lowest BCUT2D eigenvalue weighted by atomic mass is 10.1. The Labute approximate surface area is 141 Å². The monoisotopic (exact) mass is 410 g/mol. The molecule has 0 fully saturated rings. The van der Waals surface area contributed by atoms with Crippen LogP contribution in [-0.2, 0) is 11.2 Å². The van der Waals surface area contributed by atoms with Gasteiger partial charge in [0.2, 0.25) is 5.91 Å². The molecule has 3 N–H and O–H groups in total. The summed E-state index contributed by atoms with van der Waals surface area (Å²) in [4.78, 5) is 12.1. The molecule has 0 aliphatic carbocycles. The highest BCUT2D eigenvalue weighted by molar-refractivity contribution is 9.11. The molecule has 2 aromatic rings. The van der Waals surface area contributed by atoms with Crippen molar-refractivity contribution in [1.29, 1.82) is 0 Å². The Balaban J connectivity index is 1.99. The molecule has 0 bridgehead atoms. The molecule has 0 radical (unpaired) electrons. The first-order valence-corrected chi connectivity index (χ1v) is 8.14. The van der Waals surface area contributed by atoms with Crippen molar-refractivity contribution >= 4 is 49.1 Å². The Hall–Kier alpha value is -1.33. The molecule has 5 heteroatoms. The predicted octanol–water partition coefficient (Wildman–Crippen LogP) is 4.67. The van der Waals surface area contributed by atoms with E-state index in [2.05, 4.69) is 43.2 Å². The largest absolute Gasteiger partial charge is 0.399 e. The number of halogens is 2. The van der Waals surface area contributed by atoms with Crippen molar-refractivity contribution in [2.24, 2.45) is 0 Å². The van der Waals surface area contributed by atoms with Crippen molar-refractivity contribution in [2.75, 3.05) is 11.1 Å². The normalized spacial score (nSPS) is 10.4. The maximum Gasteiger partial charge on any atom is 0.224 e. The second kappa shape index (κ2) is 7.09. The van der Waals surface area contributed by atoms with Gasteiger partial charge >= 0.3 is 0 Å². The molecular formula is C16H16Br2N2O. The molecule has 0 saturated heterocycles. The second-order valence-electron chi connectivity index (χ2n) is 4.90. The molecular weight excluding hydrogens is 396 g/mol. The third-order valence-corrected chi connectivity index (χ3v) is 4.30. The van der Waals surface area contributed by atoms with E-state index in [1.807, 2.05) is 25.1 Å². The summed E-state index contributed by atoms with van der Waals surface area (Å²) >= 11 is 6.81. The van der Waals surface area contributed by atoms with Gasteiger partial charge < -0.3 is 11.1 Å². The van der Waals surface area contributed by atoms with E-state index in [1.165, 1.54) is 11.1 Å². The van der Waals surface area contributed by atoms with Crippen LogP contribution in [0.15, 0.2) is 45.3 Å². The molecule has 0 aliphatic heterocycles. The number of anilines is 2. The summed E-state index contributed by atoms with van der Waals surface area (Å²) in [5.74, 6) is -0.0253. The molecule has 1 amide bonds. The number of benzene rings is 2. The molecule has 110 valence electrons. The molecule has 0 aromatic heterocycles. The number of nitrogens with two attached hydrogens (primary N) is 1. The summed E-state index contributed by atoms with van der Waals surface area (Å²) < 4.78 is 1.52. The summed E-state index contributed by atoms with van der Waals surface area (Å²) in [6, 6.07) is 11.7. The van der Waals surface area contributed by atoms with Crippen LogP contribution in [0.5, 0.6) is 0 Å². The smallest absolute Gasteiger partial charge is 0.224 e. The molecule has 0 unspecified atom stereocenters. The van der Waals surface area contributed by atoms with Crippen LogP contribution in [0.1, 0.15) is 17.5 Å². The van der Waals surface area contributed by atoms with Gasteiger partial charge in [0, 0.05) is 21.1 Å². The summed E-state index contributed by atoms with van der Waals surface area (Å²) in [5, 5.41) is 2.90. The van der Waals surface area contributed by atoms with Crippen LogP contribution in [0.25, 0.3) is 0 Å². The molecule has 3 nitrogen and oxygen atoms in total. The fourth-order valence-corrected chi connectivity index (χ4v) is 3.46. The summed E-state index contributed by atoms with van der Waals surface area (Å²) in [5.41, 5.74) is 9.45. The van der Waals surface area contributed by atoms with E-state index in [9.17, 15) is 4.79 Å². The first-order chi connectivity index (χ1) is 9.95. The Bertz CT molecular complexity index is 648. The fraction of sp³-hybridized carbons (Fsp3) is 0.188. The van der Waals surface area contributed by atoms with Gasteiger partial charge in [0.05, 0.1) is 5.69 Å². The number of nitrogen functional groups attached to an aromatic ring is 1. The maximum absolute atomic E-state index is 12.1. The third-order valence-electron chi connectivity index (χ3n) is 3.05. The van der Waals surface area contributed by atoms with E-state index < -0.39 is 0 Å². The second-order valence-corrected chi connectivity index (χ2v) is 6.61. The number of carbonyl (C=O) groups is 1. The Morgan fingerprint density at radius 2 is 1.86 bits per heavy atom. The van der Waals surface area contributed by atoms with Crippen molar-refractivity contribution in [3.05, 3.63) is 56.5 Å². The zero-order valence-corrected chi connectivity index (χ0v) is 14.8. The summed E-state index contributed by atoms with van der Waals surface area (Å²) in [7, 11) is 0. The lowest BCUT2D eigenvalue weighted by molar-refractivity contribution is -0.116. The Kier molecular flexibility index (Phi) is 5.42. The van der Waals surface area contributed by atoms with Gasteiger partial charge in [0.15, 0.2) is 0 Å². The minimum Gasteiger partial charge on any atom is -0.399 e. The van der Waals surface area contributed by atoms with E-state index in [1.54, 1.807) is 12.1 Å². The molecule has 0 aliphatic rings. The molecule has 0 saturated carbocycles. The van der Waals surface area contributed by atoms with Gasteiger partial charge in [-0.25, -0.2) is 0 Å². The van der Waals surface area contributed by atoms with Crippen LogP contribution in [0.2, 0.25) is 0 Å². The van der Waals surface area contributed by atoms with E-state index in [-0.39, 0.29) is 5.91 Å². The standard InChI is InChI=1S/C16H16Br2N2O/c1-10-3-2-4-11(7-10)5-6-15(21)20-16-13(17)8-12(19)9-14(16)18/h2-4,7-9H,5-6,19H2,1H3,(H,20,21). The van der Waals surface area contributed by atoms with Gasteiger partial charge in [0.1, 0.15) is 0 Å². The molecule has 21 heavy (non-hydrogen) atoms. The molecule has 0 atom stereocenters. The minimum absolute atomic E-state index is 0.0253. The SMILES string of the molecule is Cc1cccc(CCC(=O)Nc2c(Br)cc(N)cc2Br)c1. The molecule has 2 aromatic carbocycles. The number of carbonyl (C=O) groups excluding carboxylic acids is 1. The number of rotatable bonds is 4. The van der Waals surface area contributed by atoms with E-state index in [0.717, 1.165) is 15.4 Å². The van der Waals surface area contributed by atoms with Crippen LogP contribution >= 0.6 is 31.9 Å². The maximum atomic E-state index is 12.1. The minimum atomic E-state index is -0.0253. The number of amides is 1. The highest BCUT2D eigenvalue weighted by Gasteiger charge is 2.10. The van der Waals surface area contributed by atoms with Gasteiger partial charge in [-0.1, -0.05) is 29.8 Å². The van der Waals surface area contributed by atoms with Crippen LogP contribution in [0, 0.1) is 6.92 Å². The first-order valence-electron chi connectivity index (χ1n) is 6.55. The zero-order chi connectivity index (χ0) is 15.4. The van der Waals surface area contributed by atoms with E-state index >= 15 is 0 Å². The van der Waals surface area contributed by atoms with Gasteiger partial charge in [0.25, 0.3) is 0 Å². The van der Waals surface area contributed by atoms with Crippen LogP contribution in [0.4, 0.5) is 11.4 Å². The topological polar surface area (TPSA) is 55.1 Å². The zero-order valence-electron chi connectivity index (χ0n) is 11.6. The fourth-order valence-electron chi connectivity index (χ4n) is 2.04. The number of nitrogens with one attached hydrogen (secondary N) is 1. The average molecular weight is 412 g/mol. The number of hydrogen-bond donors (Lipinski definition) is 2. The van der Waals surface area contributed by atoms with Crippen molar-refractivity contribution in [2.45, 2.75) is 19.8 Å². The highest BCUT2D eigenvalue weighted by atomic mass is 79.9. The van der Waals surface area contributed by atoms with Crippen LogP contribution in [-0.4, -0.2) is 5.91 Å². The van der Waals surface area contributed by atoms with Crippen molar-refractivity contribution < 1.29 is 4.79 Å². The predicted molar refractivity (Wildman–Crippen MR) is 94.4 cm³/mol. The van der Waals surface area contributed by atoms with Crippen LogP contribution < -0.4 is 11.1 Å². The third kappa shape index (κ3) is 4.58. The Morgan fingerprint density at radius 3 is 2.48 bits per heavy atom. The quantitative estimate of drug-likeness (QED) is 0.718. The average Bonchev–Trinajstić information content (AvgIpc) is 2.40. The number of hydrogen-bond acceptors (Lipinski definition) is 2. The number of aryl methyl sites for hydroxylation is 2. The van der Waals surface area contributed by atoms with Gasteiger partial charge in [-0.15, -0.1) is 0 Å². The van der Waals surface area contributed by atoms with Crippen molar-refractivity contribution in [3.63, 3.8) is 0 Å². The Morgan fingerprint density at radius 1 is 1.19 bits per heavy atom. The highest BCUT2D eigenvalue weighted by Crippen LogP contribution is 2.33. The summed E-state index contributed by atoms with van der Waals surface area (Å²) in [6.45, 7) is 2.05. The van der Waals surface area contributed by atoms with E-state index in [0.29, 0.717) is 17.8 Å². The molecule has 0 heterocycles. The van der Waals surface area contributed by atoms with E-state index in [4.69, 9.17) is 5.73 Å². The van der Waals surface area contributed by atoms with Gasteiger partial charge in [-0.05, 0) is 62.9 Å². The van der Waals surface area contributed by atoms with Gasteiger partial charge in [-0.3, -0.25) is 4.79 Å². The van der Waals surface area contributed by atoms with Gasteiger partial charge in [-0.2, -0.15) is 0 Å².